The Bertz CT molecular complexity index is 197. The third-order valence-corrected chi connectivity index (χ3v) is 4.19. The van der Waals surface area contributed by atoms with Crippen molar-refractivity contribution in [2.45, 2.75) is 24.6 Å². The molecule has 0 aromatic rings. The van der Waals surface area contributed by atoms with E-state index >= 15 is 0 Å². The highest BCUT2D eigenvalue weighted by molar-refractivity contribution is 7.92. The third-order valence-electron chi connectivity index (χ3n) is 1.91. The molecular formula is C5H11NO2S. The molecule has 0 saturated carbocycles. The summed E-state index contributed by atoms with van der Waals surface area (Å²) in [6, 6.07) is -0.130. The van der Waals surface area contributed by atoms with Gasteiger partial charge in [-0.25, -0.2) is 8.42 Å². The lowest BCUT2D eigenvalue weighted by molar-refractivity contribution is 0.586. The highest BCUT2D eigenvalue weighted by Crippen LogP contribution is 2.17. The number of sulfone groups is 1. The first-order valence-electron chi connectivity index (χ1n) is 3.01. The first kappa shape index (κ1) is 7.02. The van der Waals surface area contributed by atoms with E-state index in [4.69, 9.17) is 5.73 Å². The normalized spacial score (nSPS) is 41.1. The van der Waals surface area contributed by atoms with Gasteiger partial charge in [0.15, 0.2) is 9.84 Å². The van der Waals surface area contributed by atoms with Crippen LogP contribution in [0, 0.1) is 0 Å². The average Bonchev–Trinajstić information content (AvgIpc) is 1.97. The largest absolute Gasteiger partial charge is 0.327 e. The molecule has 1 fully saturated rings. The van der Waals surface area contributed by atoms with Crippen molar-refractivity contribution in [1.29, 1.82) is 0 Å². The van der Waals surface area contributed by atoms with E-state index < -0.39 is 9.84 Å². The average molecular weight is 149 g/mol. The topological polar surface area (TPSA) is 60.2 Å². The molecule has 4 heteroatoms. The molecule has 0 amide bonds. The van der Waals surface area contributed by atoms with Crippen LogP contribution in [0.15, 0.2) is 0 Å². The van der Waals surface area contributed by atoms with E-state index in [9.17, 15) is 8.42 Å². The van der Waals surface area contributed by atoms with E-state index in [0.717, 1.165) is 0 Å². The zero-order valence-electron chi connectivity index (χ0n) is 5.37. The molecule has 0 aromatic carbocycles. The summed E-state index contributed by atoms with van der Waals surface area (Å²) in [6.45, 7) is 1.67. The number of hydrogen-bond acceptors (Lipinski definition) is 3. The smallest absolute Gasteiger partial charge is 0.154 e. The van der Waals surface area contributed by atoms with Crippen LogP contribution in [-0.4, -0.2) is 25.5 Å². The summed E-state index contributed by atoms with van der Waals surface area (Å²) in [7, 11) is -2.80. The van der Waals surface area contributed by atoms with E-state index in [2.05, 4.69) is 0 Å². The zero-order chi connectivity index (χ0) is 7.07. The molecule has 9 heavy (non-hydrogen) atoms. The van der Waals surface area contributed by atoms with Gasteiger partial charge in [-0.15, -0.1) is 0 Å². The minimum Gasteiger partial charge on any atom is -0.327 e. The maximum atomic E-state index is 10.9. The van der Waals surface area contributed by atoms with E-state index in [1.165, 1.54) is 0 Å². The van der Waals surface area contributed by atoms with Gasteiger partial charge in [-0.1, -0.05) is 0 Å². The maximum absolute atomic E-state index is 10.9. The van der Waals surface area contributed by atoms with Crippen molar-refractivity contribution in [3.05, 3.63) is 0 Å². The SMILES string of the molecule is C[C@H]1[C@H](N)CCS1(=O)=O. The van der Waals surface area contributed by atoms with Crippen molar-refractivity contribution in [2.75, 3.05) is 5.75 Å². The monoisotopic (exact) mass is 149 g/mol. The van der Waals surface area contributed by atoms with E-state index in [-0.39, 0.29) is 17.0 Å². The Kier molecular flexibility index (Phi) is 1.52. The lowest BCUT2D eigenvalue weighted by atomic mass is 10.2. The molecule has 0 aliphatic carbocycles. The number of hydrogen-bond donors (Lipinski definition) is 1. The first-order chi connectivity index (χ1) is 4.04. The summed E-state index contributed by atoms with van der Waals surface area (Å²) in [5.74, 6) is 0.273. The van der Waals surface area contributed by atoms with Gasteiger partial charge in [-0.2, -0.15) is 0 Å². The summed E-state index contributed by atoms with van der Waals surface area (Å²) < 4.78 is 21.8. The van der Waals surface area contributed by atoms with Crippen molar-refractivity contribution < 1.29 is 8.42 Å². The van der Waals surface area contributed by atoms with Gasteiger partial charge < -0.3 is 5.73 Å². The fraction of sp³-hybridized carbons (Fsp3) is 1.00. The molecule has 0 radical (unpaired) electrons. The van der Waals surface area contributed by atoms with Crippen molar-refractivity contribution in [3.63, 3.8) is 0 Å². The Labute approximate surface area is 55.2 Å². The van der Waals surface area contributed by atoms with Gasteiger partial charge in [0.05, 0.1) is 11.0 Å². The van der Waals surface area contributed by atoms with E-state index in [0.29, 0.717) is 6.42 Å². The molecule has 1 aliphatic heterocycles. The molecular weight excluding hydrogens is 138 g/mol. The standard InChI is InChI=1S/C5H11NO2S/c1-4-5(6)2-3-9(4,7)8/h4-5H,2-3,6H2,1H3/t4-,5+/m0/s1. The van der Waals surface area contributed by atoms with Gasteiger partial charge >= 0.3 is 0 Å². The molecule has 0 unspecified atom stereocenters. The Hall–Kier alpha value is -0.0900. The Morgan fingerprint density at radius 2 is 2.11 bits per heavy atom. The Morgan fingerprint density at radius 3 is 2.22 bits per heavy atom. The minimum atomic E-state index is -2.80. The van der Waals surface area contributed by atoms with Gasteiger partial charge in [0.2, 0.25) is 0 Å². The van der Waals surface area contributed by atoms with Crippen LogP contribution in [0.5, 0.6) is 0 Å². The molecule has 3 nitrogen and oxygen atoms in total. The maximum Gasteiger partial charge on any atom is 0.154 e. The second-order valence-corrected chi connectivity index (χ2v) is 5.00. The second-order valence-electron chi connectivity index (χ2n) is 2.52. The molecule has 1 aliphatic rings. The molecule has 1 rings (SSSR count). The third kappa shape index (κ3) is 1.09. The summed E-state index contributed by atoms with van der Waals surface area (Å²) >= 11 is 0. The molecule has 0 spiro atoms. The zero-order valence-corrected chi connectivity index (χ0v) is 6.19. The van der Waals surface area contributed by atoms with Crippen LogP contribution in [0.1, 0.15) is 13.3 Å². The van der Waals surface area contributed by atoms with Crippen molar-refractivity contribution in [1.82, 2.24) is 0 Å². The highest BCUT2D eigenvalue weighted by atomic mass is 32.2. The van der Waals surface area contributed by atoms with Crippen LogP contribution in [0.4, 0.5) is 0 Å². The molecule has 0 aromatic heterocycles. The van der Waals surface area contributed by atoms with Gasteiger partial charge in [-0.05, 0) is 13.3 Å². The summed E-state index contributed by atoms with van der Waals surface area (Å²) in [4.78, 5) is 0. The van der Waals surface area contributed by atoms with Crippen LogP contribution in [0.2, 0.25) is 0 Å². The fourth-order valence-corrected chi connectivity index (χ4v) is 2.63. The van der Waals surface area contributed by atoms with Gasteiger partial charge in [0, 0.05) is 6.04 Å². The number of nitrogens with two attached hydrogens (primary N) is 1. The second kappa shape index (κ2) is 1.95. The fourth-order valence-electron chi connectivity index (χ4n) is 0.987. The van der Waals surface area contributed by atoms with Crippen molar-refractivity contribution in [3.8, 4) is 0 Å². The molecule has 1 heterocycles. The van der Waals surface area contributed by atoms with Gasteiger partial charge in [0.25, 0.3) is 0 Å². The Balaban J connectivity index is 2.87. The summed E-state index contributed by atoms with van der Waals surface area (Å²) in [5.41, 5.74) is 5.47. The van der Waals surface area contributed by atoms with Crippen molar-refractivity contribution >= 4 is 9.84 Å². The lowest BCUT2D eigenvalue weighted by Gasteiger charge is -2.05. The minimum absolute atomic E-state index is 0.130. The molecule has 1 saturated heterocycles. The van der Waals surface area contributed by atoms with Crippen LogP contribution in [0.3, 0.4) is 0 Å². The van der Waals surface area contributed by atoms with Crippen LogP contribution in [-0.2, 0) is 9.84 Å². The molecule has 2 atom stereocenters. The quantitative estimate of drug-likeness (QED) is 0.506. The predicted octanol–water partition coefficient (Wildman–Crippen LogP) is -0.479. The predicted molar refractivity (Wildman–Crippen MR) is 35.8 cm³/mol. The molecule has 54 valence electrons. The van der Waals surface area contributed by atoms with Gasteiger partial charge in [-0.3, -0.25) is 0 Å². The van der Waals surface area contributed by atoms with Crippen molar-refractivity contribution in [2.24, 2.45) is 5.73 Å². The Morgan fingerprint density at radius 1 is 1.56 bits per heavy atom. The highest BCUT2D eigenvalue weighted by Gasteiger charge is 2.33. The molecule has 2 N–H and O–H groups in total. The number of rotatable bonds is 0. The molecule has 0 bridgehead atoms. The van der Waals surface area contributed by atoms with E-state index in [1.54, 1.807) is 6.92 Å². The first-order valence-corrected chi connectivity index (χ1v) is 4.73. The summed E-state index contributed by atoms with van der Waals surface area (Å²) in [5, 5.41) is -0.322. The van der Waals surface area contributed by atoms with Crippen LogP contribution in [0.25, 0.3) is 0 Å². The van der Waals surface area contributed by atoms with Gasteiger partial charge in [0.1, 0.15) is 0 Å². The lowest BCUT2D eigenvalue weighted by Crippen LogP contribution is -2.30. The van der Waals surface area contributed by atoms with Crippen LogP contribution >= 0.6 is 0 Å². The summed E-state index contributed by atoms with van der Waals surface area (Å²) in [6.07, 6.45) is 0.628. The van der Waals surface area contributed by atoms with E-state index in [1.807, 2.05) is 0 Å². The van der Waals surface area contributed by atoms with Crippen LogP contribution < -0.4 is 5.73 Å².